The first-order chi connectivity index (χ1) is 9.74. The van der Waals surface area contributed by atoms with E-state index < -0.39 is 0 Å². The van der Waals surface area contributed by atoms with E-state index in [-0.39, 0.29) is 5.56 Å². The van der Waals surface area contributed by atoms with Gasteiger partial charge in [0.05, 0.1) is 19.3 Å². The molecule has 2 aliphatic rings. The standard InChI is InChI=1S/C14H22N4O2/c1-17-14(19)6-5-13(16-17)18-7-3-2-4-12(18)8-15-11-9-20-10-11/h5-6,11-12,15H,2-4,7-10H2,1H3. The second-order valence-corrected chi connectivity index (χ2v) is 5.64. The molecule has 0 bridgehead atoms. The van der Waals surface area contributed by atoms with E-state index >= 15 is 0 Å². The first-order valence-corrected chi connectivity index (χ1v) is 7.36. The largest absolute Gasteiger partial charge is 0.378 e. The van der Waals surface area contributed by atoms with Crippen LogP contribution in [-0.4, -0.2) is 48.2 Å². The molecule has 3 rings (SSSR count). The maximum absolute atomic E-state index is 11.5. The Bertz CT molecular complexity index is 512. The Labute approximate surface area is 118 Å². The maximum Gasteiger partial charge on any atom is 0.266 e. The van der Waals surface area contributed by atoms with E-state index in [1.54, 1.807) is 13.1 Å². The van der Waals surface area contributed by atoms with Crippen LogP contribution in [0, 0.1) is 0 Å². The molecular weight excluding hydrogens is 256 g/mol. The van der Waals surface area contributed by atoms with Crippen LogP contribution < -0.4 is 15.8 Å². The zero-order valence-corrected chi connectivity index (χ0v) is 11.9. The molecule has 1 N–H and O–H groups in total. The van der Waals surface area contributed by atoms with Gasteiger partial charge in [-0.2, -0.15) is 5.10 Å². The summed E-state index contributed by atoms with van der Waals surface area (Å²) in [6, 6.07) is 4.40. The number of nitrogens with zero attached hydrogens (tertiary/aromatic N) is 3. The summed E-state index contributed by atoms with van der Waals surface area (Å²) in [6.07, 6.45) is 3.62. The number of rotatable bonds is 4. The molecule has 0 radical (unpaired) electrons. The van der Waals surface area contributed by atoms with Crippen molar-refractivity contribution in [2.24, 2.45) is 7.05 Å². The summed E-state index contributed by atoms with van der Waals surface area (Å²) in [5, 5.41) is 7.94. The van der Waals surface area contributed by atoms with Gasteiger partial charge in [-0.25, -0.2) is 4.68 Å². The lowest BCUT2D eigenvalue weighted by molar-refractivity contribution is -0.00569. The second kappa shape index (κ2) is 5.93. The normalized spacial score (nSPS) is 23.6. The van der Waals surface area contributed by atoms with Crippen molar-refractivity contribution in [1.29, 1.82) is 0 Å². The molecule has 2 aliphatic heterocycles. The van der Waals surface area contributed by atoms with Crippen molar-refractivity contribution >= 4 is 5.82 Å². The fraction of sp³-hybridized carbons (Fsp3) is 0.714. The summed E-state index contributed by atoms with van der Waals surface area (Å²) in [5.41, 5.74) is -0.0629. The zero-order chi connectivity index (χ0) is 13.9. The van der Waals surface area contributed by atoms with Crippen molar-refractivity contribution in [3.8, 4) is 0 Å². The van der Waals surface area contributed by atoms with E-state index in [9.17, 15) is 4.79 Å². The molecule has 20 heavy (non-hydrogen) atoms. The summed E-state index contributed by atoms with van der Waals surface area (Å²) in [7, 11) is 1.70. The number of anilines is 1. The molecule has 6 heteroatoms. The molecule has 0 saturated carbocycles. The van der Waals surface area contributed by atoms with Gasteiger partial charge in [0.1, 0.15) is 5.82 Å². The molecule has 3 heterocycles. The third-order valence-electron chi connectivity index (χ3n) is 4.15. The highest BCUT2D eigenvalue weighted by Gasteiger charge is 2.26. The van der Waals surface area contributed by atoms with Gasteiger partial charge in [-0.15, -0.1) is 0 Å². The highest BCUT2D eigenvalue weighted by atomic mass is 16.5. The van der Waals surface area contributed by atoms with E-state index in [4.69, 9.17) is 4.74 Å². The Morgan fingerprint density at radius 1 is 1.40 bits per heavy atom. The average Bonchev–Trinajstić information content (AvgIpc) is 2.41. The van der Waals surface area contributed by atoms with E-state index in [2.05, 4.69) is 15.3 Å². The van der Waals surface area contributed by atoms with Crippen molar-refractivity contribution in [3.63, 3.8) is 0 Å². The topological polar surface area (TPSA) is 59.4 Å². The molecule has 2 saturated heterocycles. The van der Waals surface area contributed by atoms with Crippen LogP contribution in [0.4, 0.5) is 5.82 Å². The summed E-state index contributed by atoms with van der Waals surface area (Å²) >= 11 is 0. The summed E-state index contributed by atoms with van der Waals surface area (Å²) in [4.78, 5) is 13.8. The lowest BCUT2D eigenvalue weighted by atomic mass is 10.0. The van der Waals surface area contributed by atoms with E-state index in [1.807, 2.05) is 6.07 Å². The van der Waals surface area contributed by atoms with Gasteiger partial charge in [0.2, 0.25) is 0 Å². The van der Waals surface area contributed by atoms with Crippen LogP contribution in [0.3, 0.4) is 0 Å². The van der Waals surface area contributed by atoms with Crippen LogP contribution >= 0.6 is 0 Å². The highest BCUT2D eigenvalue weighted by Crippen LogP contribution is 2.22. The Morgan fingerprint density at radius 3 is 2.95 bits per heavy atom. The second-order valence-electron chi connectivity index (χ2n) is 5.64. The molecule has 2 fully saturated rings. The number of piperidine rings is 1. The molecule has 1 unspecified atom stereocenters. The van der Waals surface area contributed by atoms with Crippen molar-refractivity contribution in [1.82, 2.24) is 15.1 Å². The van der Waals surface area contributed by atoms with Crippen LogP contribution in [0.15, 0.2) is 16.9 Å². The minimum atomic E-state index is -0.0629. The summed E-state index contributed by atoms with van der Waals surface area (Å²) < 4.78 is 6.60. The lowest BCUT2D eigenvalue weighted by Crippen LogP contribution is -2.53. The SMILES string of the molecule is Cn1nc(N2CCCCC2CNC2COC2)ccc1=O. The fourth-order valence-corrected chi connectivity index (χ4v) is 2.81. The van der Waals surface area contributed by atoms with E-state index in [0.29, 0.717) is 12.1 Å². The van der Waals surface area contributed by atoms with Crippen LogP contribution in [0.2, 0.25) is 0 Å². The zero-order valence-electron chi connectivity index (χ0n) is 11.9. The number of hydrogen-bond acceptors (Lipinski definition) is 5. The van der Waals surface area contributed by atoms with Crippen LogP contribution in [0.1, 0.15) is 19.3 Å². The van der Waals surface area contributed by atoms with Gasteiger partial charge in [0, 0.05) is 32.2 Å². The molecular formula is C14H22N4O2. The quantitative estimate of drug-likeness (QED) is 0.848. The first kappa shape index (κ1) is 13.6. The van der Waals surface area contributed by atoms with Gasteiger partial charge in [0.15, 0.2) is 0 Å². The maximum atomic E-state index is 11.5. The monoisotopic (exact) mass is 278 g/mol. The Balaban J connectivity index is 1.69. The molecule has 0 aliphatic carbocycles. The van der Waals surface area contributed by atoms with Gasteiger partial charge in [-0.1, -0.05) is 0 Å². The van der Waals surface area contributed by atoms with E-state index in [0.717, 1.165) is 32.1 Å². The molecule has 110 valence electrons. The number of hydrogen-bond donors (Lipinski definition) is 1. The van der Waals surface area contributed by atoms with Crippen molar-refractivity contribution < 1.29 is 4.74 Å². The molecule has 6 nitrogen and oxygen atoms in total. The van der Waals surface area contributed by atoms with Crippen molar-refractivity contribution in [3.05, 3.63) is 22.5 Å². The molecule has 1 aromatic rings. The Hall–Kier alpha value is -1.40. The first-order valence-electron chi connectivity index (χ1n) is 7.36. The van der Waals surface area contributed by atoms with Gasteiger partial charge < -0.3 is 15.0 Å². The van der Waals surface area contributed by atoms with Gasteiger partial charge in [0.25, 0.3) is 5.56 Å². The smallest absolute Gasteiger partial charge is 0.266 e. The lowest BCUT2D eigenvalue weighted by Gasteiger charge is -2.38. The minimum absolute atomic E-state index is 0.0629. The predicted molar refractivity (Wildman–Crippen MR) is 77.1 cm³/mol. The summed E-state index contributed by atoms with van der Waals surface area (Å²) in [6.45, 7) is 3.62. The minimum Gasteiger partial charge on any atom is -0.378 e. The third kappa shape index (κ3) is 2.86. The summed E-state index contributed by atoms with van der Waals surface area (Å²) in [5.74, 6) is 0.906. The Morgan fingerprint density at radius 2 is 2.25 bits per heavy atom. The van der Waals surface area contributed by atoms with E-state index in [1.165, 1.54) is 23.9 Å². The molecule has 1 atom stereocenters. The molecule has 1 aromatic heterocycles. The third-order valence-corrected chi connectivity index (χ3v) is 4.15. The number of ether oxygens (including phenoxy) is 1. The molecule has 0 spiro atoms. The van der Waals surface area contributed by atoms with Crippen molar-refractivity contribution in [2.45, 2.75) is 31.3 Å². The van der Waals surface area contributed by atoms with Crippen LogP contribution in [0.5, 0.6) is 0 Å². The molecule has 0 aromatic carbocycles. The Kier molecular flexibility index (Phi) is 4.03. The number of nitrogens with one attached hydrogen (secondary N) is 1. The van der Waals surface area contributed by atoms with Gasteiger partial charge >= 0.3 is 0 Å². The van der Waals surface area contributed by atoms with Crippen LogP contribution in [0.25, 0.3) is 0 Å². The highest BCUT2D eigenvalue weighted by molar-refractivity contribution is 5.38. The number of aromatic nitrogens is 2. The predicted octanol–water partition coefficient (Wildman–Crippen LogP) is 0.128. The van der Waals surface area contributed by atoms with Gasteiger partial charge in [-0.3, -0.25) is 4.79 Å². The van der Waals surface area contributed by atoms with Crippen molar-refractivity contribution in [2.75, 3.05) is 31.2 Å². The average molecular weight is 278 g/mol. The number of aryl methyl sites for hydroxylation is 1. The van der Waals surface area contributed by atoms with Crippen LogP contribution in [-0.2, 0) is 11.8 Å². The fourth-order valence-electron chi connectivity index (χ4n) is 2.81. The molecule has 0 amide bonds. The van der Waals surface area contributed by atoms with Gasteiger partial charge in [-0.05, 0) is 25.3 Å².